The van der Waals surface area contributed by atoms with Crippen LogP contribution in [0.2, 0.25) is 0 Å². The van der Waals surface area contributed by atoms with Gasteiger partial charge in [0.25, 0.3) is 0 Å². The Balaban J connectivity index is -0.0000000381. The molecule has 0 spiro atoms. The molecular formula is C12H26N2O2Zr. The molecule has 5 heteroatoms. The fraction of sp³-hybridized carbons (Fsp3) is 0.833. The van der Waals surface area contributed by atoms with Crippen LogP contribution in [0.25, 0.3) is 0 Å². The summed E-state index contributed by atoms with van der Waals surface area (Å²) < 4.78 is 0. The van der Waals surface area contributed by atoms with Crippen LogP contribution in [0.3, 0.4) is 0 Å². The number of rotatable bonds is 4. The Kier molecular flexibility index (Phi) is 101. The van der Waals surface area contributed by atoms with Crippen molar-refractivity contribution in [1.82, 2.24) is 0 Å². The first-order valence-electron chi connectivity index (χ1n) is 5.49. The molecule has 0 saturated heterocycles. The van der Waals surface area contributed by atoms with Crippen LogP contribution in [-0.2, 0) is 26.2 Å². The number of aliphatic hydroxyl groups is 2. The molecule has 0 amide bonds. The quantitative estimate of drug-likeness (QED) is 0.833. The van der Waals surface area contributed by atoms with Gasteiger partial charge in [-0.3, -0.25) is 0 Å². The number of hydrogen-bond acceptors (Lipinski definition) is 4. The topological polar surface area (TPSA) is 88.0 Å². The molecular weight excluding hydrogens is 295 g/mol. The first-order valence-corrected chi connectivity index (χ1v) is 5.49. The molecule has 0 unspecified atom stereocenters. The second kappa shape index (κ2) is 56.9. The summed E-state index contributed by atoms with van der Waals surface area (Å²) in [5.74, 6) is 0. The summed E-state index contributed by atoms with van der Waals surface area (Å²) in [7, 11) is 0. The van der Waals surface area contributed by atoms with Crippen molar-refractivity contribution in [3.63, 3.8) is 0 Å². The number of unbranched alkanes of at least 4 members (excludes halogenated alkanes) is 2. The van der Waals surface area contributed by atoms with Crippen molar-refractivity contribution in [3.8, 4) is 12.1 Å². The van der Waals surface area contributed by atoms with Crippen LogP contribution in [0, 0.1) is 22.7 Å². The van der Waals surface area contributed by atoms with Gasteiger partial charge in [0.15, 0.2) is 0 Å². The Hall–Kier alpha value is -0.217. The van der Waals surface area contributed by atoms with Crippen LogP contribution in [-0.4, -0.2) is 23.4 Å². The van der Waals surface area contributed by atoms with Gasteiger partial charge < -0.3 is 10.2 Å². The van der Waals surface area contributed by atoms with Gasteiger partial charge in [-0.1, -0.05) is 26.7 Å². The number of hydrogen-bond donors (Lipinski definition) is 2. The zero-order valence-electron chi connectivity index (χ0n) is 11.5. The first kappa shape index (κ1) is 30.1. The van der Waals surface area contributed by atoms with Gasteiger partial charge in [-0.15, -0.1) is 0 Å². The third kappa shape index (κ3) is 210. The van der Waals surface area contributed by atoms with Gasteiger partial charge in [0.1, 0.15) is 0 Å². The second-order valence-corrected chi connectivity index (χ2v) is 2.60. The van der Waals surface area contributed by atoms with Gasteiger partial charge >= 0.3 is 0 Å². The van der Waals surface area contributed by atoms with Crippen molar-refractivity contribution in [2.75, 3.05) is 13.2 Å². The molecule has 100 valence electrons. The zero-order valence-corrected chi connectivity index (χ0v) is 14.0. The molecule has 0 radical (unpaired) electrons. The molecule has 4 nitrogen and oxygen atoms in total. The molecule has 0 saturated carbocycles. The average molecular weight is 322 g/mol. The maximum Gasteiger partial charge on any atom is 0.0587 e. The van der Waals surface area contributed by atoms with E-state index >= 15 is 0 Å². The van der Waals surface area contributed by atoms with Crippen LogP contribution in [0.1, 0.15) is 53.4 Å². The fourth-order valence-corrected chi connectivity index (χ4v) is 0.316. The molecule has 2 N–H and O–H groups in total. The number of nitriles is 2. The molecule has 0 fully saturated rings. The molecule has 0 aliphatic rings. The average Bonchev–Trinajstić information content (AvgIpc) is 2.23. The minimum atomic E-state index is 0. The SMILES string of the molecule is CC#N.CC#N.CCCCO.CCCCO.[Zr]. The Morgan fingerprint density at radius 1 is 0.824 bits per heavy atom. The van der Waals surface area contributed by atoms with Crippen molar-refractivity contribution < 1.29 is 36.4 Å². The fourth-order valence-electron chi connectivity index (χ4n) is 0.316. The Morgan fingerprint density at radius 2 is 1.00 bits per heavy atom. The second-order valence-electron chi connectivity index (χ2n) is 2.60. The van der Waals surface area contributed by atoms with Crippen LogP contribution < -0.4 is 0 Å². The van der Waals surface area contributed by atoms with Crippen LogP contribution in [0.15, 0.2) is 0 Å². The Morgan fingerprint density at radius 3 is 1.00 bits per heavy atom. The van der Waals surface area contributed by atoms with Gasteiger partial charge in [-0.05, 0) is 12.8 Å². The molecule has 0 bridgehead atoms. The minimum Gasteiger partial charge on any atom is -0.396 e. The van der Waals surface area contributed by atoms with Crippen molar-refractivity contribution in [3.05, 3.63) is 0 Å². The van der Waals surface area contributed by atoms with Gasteiger partial charge in [0, 0.05) is 53.3 Å². The maximum absolute atomic E-state index is 8.07. The normalized spacial score (nSPS) is 5.88. The van der Waals surface area contributed by atoms with Crippen LogP contribution >= 0.6 is 0 Å². The van der Waals surface area contributed by atoms with Gasteiger partial charge in [0.2, 0.25) is 0 Å². The van der Waals surface area contributed by atoms with Crippen LogP contribution in [0.4, 0.5) is 0 Å². The van der Waals surface area contributed by atoms with Gasteiger partial charge in [-0.2, -0.15) is 10.5 Å². The molecule has 0 atom stereocenters. The molecule has 0 aliphatic carbocycles. The van der Waals surface area contributed by atoms with E-state index in [-0.39, 0.29) is 26.2 Å². The van der Waals surface area contributed by atoms with Crippen molar-refractivity contribution in [2.24, 2.45) is 0 Å². The molecule has 0 aromatic carbocycles. The molecule has 0 aliphatic heterocycles. The van der Waals surface area contributed by atoms with Crippen LogP contribution in [0.5, 0.6) is 0 Å². The number of aliphatic hydroxyl groups excluding tert-OH is 2. The van der Waals surface area contributed by atoms with E-state index < -0.39 is 0 Å². The number of nitrogens with zero attached hydrogens (tertiary/aromatic N) is 2. The van der Waals surface area contributed by atoms with Crippen molar-refractivity contribution in [1.29, 1.82) is 10.5 Å². The van der Waals surface area contributed by atoms with E-state index in [0.717, 1.165) is 25.7 Å². The molecule has 17 heavy (non-hydrogen) atoms. The summed E-state index contributed by atoms with van der Waals surface area (Å²) >= 11 is 0. The van der Waals surface area contributed by atoms with Gasteiger partial charge in [-0.25, -0.2) is 0 Å². The molecule has 0 aromatic heterocycles. The van der Waals surface area contributed by atoms with E-state index in [2.05, 4.69) is 13.8 Å². The summed E-state index contributed by atoms with van der Waals surface area (Å²) in [5.41, 5.74) is 0. The Bertz CT molecular complexity index is 132. The van der Waals surface area contributed by atoms with E-state index in [0.29, 0.717) is 13.2 Å². The van der Waals surface area contributed by atoms with E-state index in [9.17, 15) is 0 Å². The summed E-state index contributed by atoms with van der Waals surface area (Å²) in [6.07, 6.45) is 4.08. The third-order valence-electron chi connectivity index (χ3n) is 1.02. The van der Waals surface area contributed by atoms with E-state index in [4.69, 9.17) is 20.7 Å². The first-order chi connectivity index (χ1) is 7.66. The summed E-state index contributed by atoms with van der Waals surface area (Å²) in [6.45, 7) is 7.65. The smallest absolute Gasteiger partial charge is 0.0587 e. The van der Waals surface area contributed by atoms with Gasteiger partial charge in [0.05, 0.1) is 12.1 Å². The third-order valence-corrected chi connectivity index (χ3v) is 1.02. The summed E-state index contributed by atoms with van der Waals surface area (Å²) in [6, 6.07) is 3.50. The molecule has 0 heterocycles. The van der Waals surface area contributed by atoms with E-state index in [1.807, 2.05) is 0 Å². The van der Waals surface area contributed by atoms with E-state index in [1.165, 1.54) is 13.8 Å². The van der Waals surface area contributed by atoms with E-state index in [1.54, 1.807) is 12.1 Å². The Labute approximate surface area is 125 Å². The summed E-state index contributed by atoms with van der Waals surface area (Å²) in [4.78, 5) is 0. The maximum atomic E-state index is 8.07. The molecule has 0 aromatic rings. The van der Waals surface area contributed by atoms with Crippen molar-refractivity contribution >= 4 is 0 Å². The monoisotopic (exact) mass is 320 g/mol. The van der Waals surface area contributed by atoms with Crippen molar-refractivity contribution in [2.45, 2.75) is 53.4 Å². The largest absolute Gasteiger partial charge is 0.396 e. The standard InChI is InChI=1S/2C4H10O.2C2H3N.Zr/c2*1-2-3-4-5;2*1-2-3;/h2*5H,2-4H2,1H3;2*1H3;. The zero-order chi connectivity index (χ0) is 13.7. The predicted molar refractivity (Wildman–Crippen MR) is 66.6 cm³/mol. The predicted octanol–water partition coefficient (Wildman–Crippen LogP) is 2.61. The summed E-state index contributed by atoms with van der Waals surface area (Å²) in [5, 5.41) is 30.8. The molecule has 0 rings (SSSR count). The minimum absolute atomic E-state index is 0.